The SMILES string of the molecule is Cn1cc(-c2ccnc(-c3c(N)ccc(C(F)(F)F)c3N)n2)c2ccccc21. The van der Waals surface area contributed by atoms with E-state index in [1.165, 1.54) is 12.3 Å². The molecule has 0 aliphatic heterocycles. The summed E-state index contributed by atoms with van der Waals surface area (Å²) in [5.74, 6) is 0.0477. The highest BCUT2D eigenvalue weighted by molar-refractivity contribution is 5.95. The van der Waals surface area contributed by atoms with Crippen LogP contribution in [0, 0.1) is 0 Å². The first-order chi connectivity index (χ1) is 13.3. The first-order valence-corrected chi connectivity index (χ1v) is 8.40. The predicted octanol–water partition coefficient (Wildman–Crippen LogP) is 4.49. The molecule has 0 atom stereocenters. The van der Waals surface area contributed by atoms with Gasteiger partial charge in [-0.05, 0) is 24.3 Å². The van der Waals surface area contributed by atoms with Crippen LogP contribution >= 0.6 is 0 Å². The van der Waals surface area contributed by atoms with E-state index in [2.05, 4.69) is 9.97 Å². The monoisotopic (exact) mass is 383 g/mol. The van der Waals surface area contributed by atoms with Gasteiger partial charge in [-0.1, -0.05) is 18.2 Å². The lowest BCUT2D eigenvalue weighted by Gasteiger charge is -2.15. The van der Waals surface area contributed by atoms with Crippen LogP contribution in [0.4, 0.5) is 24.5 Å². The number of nitrogens with two attached hydrogens (primary N) is 2. The lowest BCUT2D eigenvalue weighted by atomic mass is 10.0. The molecule has 2 aromatic carbocycles. The summed E-state index contributed by atoms with van der Waals surface area (Å²) in [5, 5.41) is 0.972. The van der Waals surface area contributed by atoms with Crippen LogP contribution in [0.25, 0.3) is 33.5 Å². The molecule has 0 aliphatic rings. The number of aromatic nitrogens is 3. The summed E-state index contributed by atoms with van der Waals surface area (Å²) < 4.78 is 41.7. The number of nitrogen functional groups attached to an aromatic ring is 2. The maximum atomic E-state index is 13.2. The fourth-order valence-electron chi connectivity index (χ4n) is 3.31. The van der Waals surface area contributed by atoms with E-state index in [0.717, 1.165) is 22.5 Å². The Morgan fingerprint density at radius 1 is 1.00 bits per heavy atom. The summed E-state index contributed by atoms with van der Waals surface area (Å²) >= 11 is 0. The van der Waals surface area contributed by atoms with E-state index in [4.69, 9.17) is 11.5 Å². The molecule has 5 nitrogen and oxygen atoms in total. The molecular formula is C20H16F3N5. The zero-order valence-electron chi connectivity index (χ0n) is 14.8. The molecule has 2 heterocycles. The normalized spacial score (nSPS) is 11.9. The highest BCUT2D eigenvalue weighted by Crippen LogP contribution is 2.41. The van der Waals surface area contributed by atoms with Gasteiger partial charge in [-0.25, -0.2) is 9.97 Å². The lowest BCUT2D eigenvalue weighted by molar-refractivity contribution is -0.136. The summed E-state index contributed by atoms with van der Waals surface area (Å²) in [5.41, 5.74) is 12.8. The fourth-order valence-corrected chi connectivity index (χ4v) is 3.31. The third-order valence-electron chi connectivity index (χ3n) is 4.64. The molecule has 4 rings (SSSR count). The van der Waals surface area contributed by atoms with Crippen LogP contribution in [0.1, 0.15) is 5.56 Å². The summed E-state index contributed by atoms with van der Waals surface area (Å²) in [7, 11) is 1.91. The molecule has 0 fully saturated rings. The standard InChI is InChI=1S/C20H16F3N5/c1-28-10-12(11-4-2-3-5-16(11)28)15-8-9-26-19(27-15)17-14(24)7-6-13(18(17)25)20(21,22)23/h2-10H,24-25H2,1H3. The third kappa shape index (κ3) is 2.83. The molecule has 28 heavy (non-hydrogen) atoms. The van der Waals surface area contributed by atoms with Crippen molar-refractivity contribution in [3.63, 3.8) is 0 Å². The Balaban J connectivity index is 1.91. The molecule has 0 spiro atoms. The first-order valence-electron chi connectivity index (χ1n) is 8.40. The molecule has 4 aromatic rings. The van der Waals surface area contributed by atoms with Gasteiger partial charge in [-0.15, -0.1) is 0 Å². The van der Waals surface area contributed by atoms with Crippen molar-refractivity contribution in [3.8, 4) is 22.6 Å². The number of nitrogens with zero attached hydrogens (tertiary/aromatic N) is 3. The Labute approximate surface area is 158 Å². The predicted molar refractivity (Wildman–Crippen MR) is 103 cm³/mol. The topological polar surface area (TPSA) is 82.8 Å². The van der Waals surface area contributed by atoms with E-state index in [-0.39, 0.29) is 17.1 Å². The number of hydrogen-bond acceptors (Lipinski definition) is 4. The molecule has 0 aliphatic carbocycles. The Hall–Kier alpha value is -3.55. The van der Waals surface area contributed by atoms with Gasteiger partial charge < -0.3 is 16.0 Å². The lowest BCUT2D eigenvalue weighted by Crippen LogP contribution is -2.11. The Kier molecular flexibility index (Phi) is 3.99. The Morgan fingerprint density at radius 3 is 2.50 bits per heavy atom. The Bertz CT molecular complexity index is 1190. The number of fused-ring (bicyclic) bond motifs is 1. The molecular weight excluding hydrogens is 367 g/mol. The molecule has 0 saturated heterocycles. The average molecular weight is 383 g/mol. The van der Waals surface area contributed by atoms with Crippen molar-refractivity contribution >= 4 is 22.3 Å². The molecule has 8 heteroatoms. The van der Waals surface area contributed by atoms with Crippen molar-refractivity contribution in [2.45, 2.75) is 6.18 Å². The second-order valence-electron chi connectivity index (χ2n) is 6.43. The molecule has 0 unspecified atom stereocenters. The van der Waals surface area contributed by atoms with Crippen LogP contribution < -0.4 is 11.5 Å². The zero-order valence-corrected chi connectivity index (χ0v) is 14.8. The van der Waals surface area contributed by atoms with Crippen LogP contribution in [0.3, 0.4) is 0 Å². The van der Waals surface area contributed by atoms with Crippen molar-refractivity contribution in [1.82, 2.24) is 14.5 Å². The number of rotatable bonds is 2. The second-order valence-corrected chi connectivity index (χ2v) is 6.43. The highest BCUT2D eigenvalue weighted by atomic mass is 19.4. The summed E-state index contributed by atoms with van der Waals surface area (Å²) in [4.78, 5) is 8.59. The van der Waals surface area contributed by atoms with E-state index in [1.54, 1.807) is 6.07 Å². The van der Waals surface area contributed by atoms with E-state index in [9.17, 15) is 13.2 Å². The van der Waals surface area contributed by atoms with E-state index in [0.29, 0.717) is 5.69 Å². The third-order valence-corrected chi connectivity index (χ3v) is 4.64. The number of benzene rings is 2. The van der Waals surface area contributed by atoms with Crippen LogP contribution in [0.5, 0.6) is 0 Å². The van der Waals surface area contributed by atoms with Gasteiger partial charge in [0, 0.05) is 41.6 Å². The molecule has 0 bridgehead atoms. The van der Waals surface area contributed by atoms with Crippen LogP contribution in [-0.2, 0) is 13.2 Å². The van der Waals surface area contributed by atoms with Gasteiger partial charge in [0.15, 0.2) is 5.82 Å². The van der Waals surface area contributed by atoms with E-state index >= 15 is 0 Å². The first kappa shape index (κ1) is 17.8. The van der Waals surface area contributed by atoms with Gasteiger partial charge in [-0.2, -0.15) is 13.2 Å². The minimum atomic E-state index is -4.60. The number of anilines is 2. The van der Waals surface area contributed by atoms with Crippen molar-refractivity contribution < 1.29 is 13.2 Å². The molecule has 0 amide bonds. The summed E-state index contributed by atoms with van der Waals surface area (Å²) in [6, 6.07) is 11.5. The number of para-hydroxylation sites is 1. The molecule has 2 aromatic heterocycles. The molecule has 0 saturated carbocycles. The maximum absolute atomic E-state index is 13.2. The minimum Gasteiger partial charge on any atom is -0.398 e. The quantitative estimate of drug-likeness (QED) is 0.500. The van der Waals surface area contributed by atoms with Crippen LogP contribution in [-0.4, -0.2) is 14.5 Å². The Morgan fingerprint density at radius 2 is 1.75 bits per heavy atom. The van der Waals surface area contributed by atoms with Gasteiger partial charge in [0.2, 0.25) is 0 Å². The summed E-state index contributed by atoms with van der Waals surface area (Å²) in [6.07, 6.45) is -1.20. The van der Waals surface area contributed by atoms with Crippen LogP contribution in [0.2, 0.25) is 0 Å². The molecule has 142 valence electrons. The average Bonchev–Trinajstić information content (AvgIpc) is 2.98. The summed E-state index contributed by atoms with van der Waals surface area (Å²) in [6.45, 7) is 0. The van der Waals surface area contributed by atoms with Crippen LogP contribution in [0.15, 0.2) is 54.9 Å². The molecule has 0 radical (unpaired) electrons. The van der Waals surface area contributed by atoms with Gasteiger partial charge in [0.25, 0.3) is 0 Å². The number of alkyl halides is 3. The second kappa shape index (κ2) is 6.26. The highest BCUT2D eigenvalue weighted by Gasteiger charge is 2.34. The van der Waals surface area contributed by atoms with Crippen molar-refractivity contribution in [1.29, 1.82) is 0 Å². The maximum Gasteiger partial charge on any atom is 0.418 e. The van der Waals surface area contributed by atoms with Crippen molar-refractivity contribution in [3.05, 3.63) is 60.4 Å². The largest absolute Gasteiger partial charge is 0.418 e. The smallest absolute Gasteiger partial charge is 0.398 e. The van der Waals surface area contributed by atoms with Gasteiger partial charge in [-0.3, -0.25) is 0 Å². The fraction of sp³-hybridized carbons (Fsp3) is 0.100. The van der Waals surface area contributed by atoms with E-state index < -0.39 is 17.4 Å². The number of hydrogen-bond donors (Lipinski definition) is 2. The number of halogens is 3. The van der Waals surface area contributed by atoms with Gasteiger partial charge in [0.05, 0.1) is 22.5 Å². The van der Waals surface area contributed by atoms with Crippen molar-refractivity contribution in [2.75, 3.05) is 11.5 Å². The minimum absolute atomic E-state index is 0.0167. The zero-order chi connectivity index (χ0) is 20.1. The van der Waals surface area contributed by atoms with E-state index in [1.807, 2.05) is 42.1 Å². The van der Waals surface area contributed by atoms with Gasteiger partial charge >= 0.3 is 6.18 Å². The van der Waals surface area contributed by atoms with Gasteiger partial charge in [0.1, 0.15) is 0 Å². The number of aryl methyl sites for hydroxylation is 1. The van der Waals surface area contributed by atoms with Crippen molar-refractivity contribution in [2.24, 2.45) is 7.05 Å². The molecule has 4 N–H and O–H groups in total.